The van der Waals surface area contributed by atoms with Crippen LogP contribution < -0.4 is 0 Å². The van der Waals surface area contributed by atoms with Gasteiger partial charge in [-0.25, -0.2) is 4.79 Å². The van der Waals surface area contributed by atoms with Crippen molar-refractivity contribution in [1.29, 1.82) is 0 Å². The first-order chi connectivity index (χ1) is 9.63. The van der Waals surface area contributed by atoms with E-state index in [4.69, 9.17) is 9.84 Å². The lowest BCUT2D eigenvalue weighted by atomic mass is 10.2. The molecule has 0 aliphatic carbocycles. The summed E-state index contributed by atoms with van der Waals surface area (Å²) in [5, 5.41) is 8.56. The van der Waals surface area contributed by atoms with Crippen LogP contribution in [-0.4, -0.2) is 11.1 Å². The van der Waals surface area contributed by atoms with E-state index in [1.165, 1.54) is 11.3 Å². The van der Waals surface area contributed by atoms with Crippen molar-refractivity contribution in [3.05, 3.63) is 62.3 Å². The van der Waals surface area contributed by atoms with Crippen LogP contribution in [0.1, 0.15) is 15.3 Å². The Labute approximate surface area is 129 Å². The van der Waals surface area contributed by atoms with E-state index in [2.05, 4.69) is 15.9 Å². The molecule has 0 bridgehead atoms. The number of thiophene rings is 1. The molecule has 0 fully saturated rings. The van der Waals surface area contributed by atoms with Gasteiger partial charge in [0.1, 0.15) is 0 Å². The average Bonchev–Trinajstić information content (AvgIpc) is 2.87. The molecule has 20 heavy (non-hydrogen) atoms. The first-order valence-corrected chi connectivity index (χ1v) is 7.56. The lowest BCUT2D eigenvalue weighted by Gasteiger charge is -2.02. The lowest BCUT2D eigenvalue weighted by molar-refractivity contribution is -0.131. The van der Waals surface area contributed by atoms with Crippen molar-refractivity contribution < 1.29 is 14.6 Å². The van der Waals surface area contributed by atoms with Gasteiger partial charge in [0.15, 0.2) is 0 Å². The van der Waals surface area contributed by atoms with Crippen molar-refractivity contribution in [1.82, 2.24) is 0 Å². The molecule has 2 aromatic rings. The van der Waals surface area contributed by atoms with Gasteiger partial charge in [-0.1, -0.05) is 28.1 Å². The molecule has 5 heteroatoms. The van der Waals surface area contributed by atoms with Crippen LogP contribution in [0, 0.1) is 0 Å². The molecule has 0 saturated carbocycles. The van der Waals surface area contributed by atoms with Gasteiger partial charge in [-0.15, -0.1) is 11.3 Å². The monoisotopic (exact) mass is 352 g/mol. The first kappa shape index (κ1) is 15.0. The lowest BCUT2D eigenvalue weighted by Crippen LogP contribution is -1.91. The maximum Gasteiger partial charge on any atom is 0.328 e. The number of halogens is 1. The highest BCUT2D eigenvalue weighted by Gasteiger charge is 2.00. The Morgan fingerprint density at radius 1 is 1.20 bits per heavy atom. The van der Waals surface area contributed by atoms with Crippen molar-refractivity contribution in [3.63, 3.8) is 0 Å². The van der Waals surface area contributed by atoms with E-state index in [1.54, 1.807) is 6.08 Å². The Morgan fingerprint density at radius 2 is 1.95 bits per heavy atom. The van der Waals surface area contributed by atoms with E-state index in [1.807, 2.05) is 36.4 Å². The number of carboxylic acid groups (broad SMARTS) is 1. The van der Waals surface area contributed by atoms with E-state index in [0.717, 1.165) is 25.9 Å². The van der Waals surface area contributed by atoms with Gasteiger partial charge in [0.05, 0.1) is 13.2 Å². The summed E-state index contributed by atoms with van der Waals surface area (Å²) < 4.78 is 6.69. The third-order valence-corrected chi connectivity index (χ3v) is 4.05. The van der Waals surface area contributed by atoms with E-state index < -0.39 is 5.97 Å². The Kier molecular flexibility index (Phi) is 5.52. The molecule has 0 amide bonds. The normalized spacial score (nSPS) is 11.1. The molecule has 3 nitrogen and oxygen atoms in total. The molecule has 0 saturated heterocycles. The first-order valence-electron chi connectivity index (χ1n) is 5.95. The van der Waals surface area contributed by atoms with Crippen LogP contribution in [-0.2, 0) is 22.7 Å². The summed E-state index contributed by atoms with van der Waals surface area (Å²) in [7, 11) is 0. The number of carboxylic acids is 1. The fourth-order valence-electron chi connectivity index (χ4n) is 1.57. The van der Waals surface area contributed by atoms with Crippen LogP contribution in [0.25, 0.3) is 6.08 Å². The van der Waals surface area contributed by atoms with E-state index in [0.29, 0.717) is 13.2 Å². The van der Waals surface area contributed by atoms with Crippen molar-refractivity contribution in [2.45, 2.75) is 13.2 Å². The molecule has 0 atom stereocenters. The van der Waals surface area contributed by atoms with Gasteiger partial charge in [0, 0.05) is 20.3 Å². The summed E-state index contributed by atoms with van der Waals surface area (Å²) in [4.78, 5) is 12.4. The van der Waals surface area contributed by atoms with Gasteiger partial charge in [-0.3, -0.25) is 0 Å². The standard InChI is InChI=1S/C15H13BrO3S/c16-12-3-1-11(2-4-12)9-19-10-14-6-5-13(20-14)7-8-15(17)18/h1-8H,9-10H2,(H,17,18)/b8-7+. The number of benzene rings is 1. The zero-order chi connectivity index (χ0) is 14.4. The zero-order valence-electron chi connectivity index (χ0n) is 10.6. The van der Waals surface area contributed by atoms with Gasteiger partial charge in [-0.2, -0.15) is 0 Å². The minimum absolute atomic E-state index is 0.529. The molecule has 0 radical (unpaired) electrons. The summed E-state index contributed by atoms with van der Waals surface area (Å²) >= 11 is 4.92. The molecule has 2 rings (SSSR count). The average molecular weight is 353 g/mol. The van der Waals surface area contributed by atoms with Crippen molar-refractivity contribution in [3.8, 4) is 0 Å². The van der Waals surface area contributed by atoms with Crippen LogP contribution in [0.5, 0.6) is 0 Å². The second kappa shape index (κ2) is 7.38. The predicted octanol–water partition coefficient (Wildman–Crippen LogP) is 4.33. The molecular formula is C15H13BrO3S. The van der Waals surface area contributed by atoms with E-state index in [9.17, 15) is 4.79 Å². The number of ether oxygens (including phenoxy) is 1. The highest BCUT2D eigenvalue weighted by molar-refractivity contribution is 9.10. The summed E-state index contributed by atoms with van der Waals surface area (Å²) in [5.74, 6) is -0.938. The molecule has 1 aromatic carbocycles. The number of rotatable bonds is 6. The molecular weight excluding hydrogens is 340 g/mol. The van der Waals surface area contributed by atoms with Gasteiger partial charge in [-0.05, 0) is 35.9 Å². The van der Waals surface area contributed by atoms with Crippen LogP contribution in [0.15, 0.2) is 46.9 Å². The molecule has 0 spiro atoms. The van der Waals surface area contributed by atoms with Gasteiger partial charge < -0.3 is 9.84 Å². The second-order valence-corrected chi connectivity index (χ2v) is 6.21. The van der Waals surface area contributed by atoms with Gasteiger partial charge in [0.2, 0.25) is 0 Å². The summed E-state index contributed by atoms with van der Waals surface area (Å²) in [6, 6.07) is 11.8. The molecule has 0 unspecified atom stereocenters. The smallest absolute Gasteiger partial charge is 0.328 e. The van der Waals surface area contributed by atoms with Crippen molar-refractivity contribution >= 4 is 39.3 Å². The van der Waals surface area contributed by atoms with Crippen molar-refractivity contribution in [2.24, 2.45) is 0 Å². The number of hydrogen-bond donors (Lipinski definition) is 1. The predicted molar refractivity (Wildman–Crippen MR) is 83.6 cm³/mol. The summed E-state index contributed by atoms with van der Waals surface area (Å²) in [5.41, 5.74) is 1.12. The Bertz CT molecular complexity index is 602. The quantitative estimate of drug-likeness (QED) is 0.787. The minimum Gasteiger partial charge on any atom is -0.478 e. The highest BCUT2D eigenvalue weighted by atomic mass is 79.9. The number of hydrogen-bond acceptors (Lipinski definition) is 3. The Hall–Kier alpha value is -1.43. The molecule has 104 valence electrons. The van der Waals surface area contributed by atoms with Crippen LogP contribution in [0.4, 0.5) is 0 Å². The maximum atomic E-state index is 10.4. The third kappa shape index (κ3) is 4.92. The topological polar surface area (TPSA) is 46.5 Å². The Balaban J connectivity index is 1.82. The summed E-state index contributed by atoms with van der Waals surface area (Å²) in [6.45, 7) is 1.09. The van der Waals surface area contributed by atoms with Crippen LogP contribution >= 0.6 is 27.3 Å². The third-order valence-electron chi connectivity index (χ3n) is 2.50. The number of aliphatic carboxylic acids is 1. The van der Waals surface area contributed by atoms with Gasteiger partial charge in [0.25, 0.3) is 0 Å². The molecule has 1 N–H and O–H groups in total. The fraction of sp³-hybridized carbons (Fsp3) is 0.133. The minimum atomic E-state index is -0.938. The SMILES string of the molecule is O=C(O)/C=C/c1ccc(COCc2ccc(Br)cc2)s1. The zero-order valence-corrected chi connectivity index (χ0v) is 13.0. The van der Waals surface area contributed by atoms with E-state index in [-0.39, 0.29) is 0 Å². The van der Waals surface area contributed by atoms with Crippen LogP contribution in [0.3, 0.4) is 0 Å². The Morgan fingerprint density at radius 3 is 2.65 bits per heavy atom. The van der Waals surface area contributed by atoms with Crippen LogP contribution in [0.2, 0.25) is 0 Å². The van der Waals surface area contributed by atoms with Crippen molar-refractivity contribution in [2.75, 3.05) is 0 Å². The molecule has 1 aromatic heterocycles. The molecule has 0 aliphatic rings. The fourth-order valence-corrected chi connectivity index (χ4v) is 2.68. The second-order valence-electron chi connectivity index (χ2n) is 4.09. The largest absolute Gasteiger partial charge is 0.478 e. The highest BCUT2D eigenvalue weighted by Crippen LogP contribution is 2.19. The molecule has 1 heterocycles. The summed E-state index contributed by atoms with van der Waals surface area (Å²) in [6.07, 6.45) is 2.73. The molecule has 0 aliphatic heterocycles. The maximum absolute atomic E-state index is 10.4. The van der Waals surface area contributed by atoms with Gasteiger partial charge >= 0.3 is 5.97 Å². The van der Waals surface area contributed by atoms with E-state index >= 15 is 0 Å². The number of carbonyl (C=O) groups is 1.